The summed E-state index contributed by atoms with van der Waals surface area (Å²) in [5, 5.41) is 6.27. The number of nitrogens with zero attached hydrogens (tertiary/aromatic N) is 1. The number of aromatic nitrogens is 1. The van der Waals surface area contributed by atoms with Crippen molar-refractivity contribution in [2.45, 2.75) is 32.4 Å². The van der Waals surface area contributed by atoms with E-state index in [2.05, 4.69) is 22.5 Å². The van der Waals surface area contributed by atoms with E-state index in [1.807, 2.05) is 18.3 Å². The molecule has 0 bridgehead atoms. The van der Waals surface area contributed by atoms with Gasteiger partial charge in [0.2, 0.25) is 5.91 Å². The van der Waals surface area contributed by atoms with Crippen molar-refractivity contribution in [2.75, 3.05) is 19.7 Å². The molecule has 1 fully saturated rings. The molecule has 0 radical (unpaired) electrons. The molecule has 0 aromatic carbocycles. The molecular weight excluding hydrogens is 254 g/mol. The minimum absolute atomic E-state index is 0.0299. The number of amides is 1. The summed E-state index contributed by atoms with van der Waals surface area (Å²) in [5.74, 6) is 0.362. The molecule has 2 atom stereocenters. The zero-order chi connectivity index (χ0) is 14.2. The average molecular weight is 277 g/mol. The van der Waals surface area contributed by atoms with Gasteiger partial charge in [0.15, 0.2) is 0 Å². The van der Waals surface area contributed by atoms with Crippen LogP contribution in [0.25, 0.3) is 0 Å². The standard InChI is InChI=1S/C15H23N3O2/c1-12-5-9-20-14(12)15(19)18-8-3-7-17-11-13-4-2-6-16-10-13/h2,4,6,10,12,14,17H,3,5,7-9,11H2,1H3,(H,18,19). The maximum atomic E-state index is 11.8. The van der Waals surface area contributed by atoms with Crippen molar-refractivity contribution < 1.29 is 9.53 Å². The van der Waals surface area contributed by atoms with E-state index >= 15 is 0 Å². The van der Waals surface area contributed by atoms with E-state index in [0.717, 1.165) is 25.9 Å². The van der Waals surface area contributed by atoms with E-state index in [4.69, 9.17) is 4.74 Å². The van der Waals surface area contributed by atoms with Gasteiger partial charge < -0.3 is 15.4 Å². The third-order valence-corrected chi connectivity index (χ3v) is 3.53. The number of pyridine rings is 1. The van der Waals surface area contributed by atoms with Crippen LogP contribution < -0.4 is 10.6 Å². The normalized spacial score (nSPS) is 21.9. The highest BCUT2D eigenvalue weighted by Crippen LogP contribution is 2.19. The van der Waals surface area contributed by atoms with Gasteiger partial charge in [-0.05, 0) is 36.9 Å². The van der Waals surface area contributed by atoms with Gasteiger partial charge in [-0.2, -0.15) is 0 Å². The Morgan fingerprint density at radius 1 is 1.50 bits per heavy atom. The highest BCUT2D eigenvalue weighted by atomic mass is 16.5. The number of hydrogen-bond donors (Lipinski definition) is 2. The molecule has 1 saturated heterocycles. The lowest BCUT2D eigenvalue weighted by atomic mass is 10.0. The molecule has 2 rings (SSSR count). The van der Waals surface area contributed by atoms with E-state index in [0.29, 0.717) is 19.1 Å². The number of nitrogens with one attached hydrogen (secondary N) is 2. The second-order valence-electron chi connectivity index (χ2n) is 5.24. The molecule has 5 nitrogen and oxygen atoms in total. The summed E-state index contributed by atoms with van der Waals surface area (Å²) in [5.41, 5.74) is 1.17. The fraction of sp³-hybridized carbons (Fsp3) is 0.600. The predicted molar refractivity (Wildman–Crippen MR) is 77.1 cm³/mol. The fourth-order valence-electron chi connectivity index (χ4n) is 2.29. The van der Waals surface area contributed by atoms with Gasteiger partial charge in [-0.25, -0.2) is 0 Å². The van der Waals surface area contributed by atoms with Crippen LogP contribution >= 0.6 is 0 Å². The van der Waals surface area contributed by atoms with Gasteiger partial charge in [-0.3, -0.25) is 9.78 Å². The van der Waals surface area contributed by atoms with Crippen molar-refractivity contribution in [3.05, 3.63) is 30.1 Å². The van der Waals surface area contributed by atoms with E-state index < -0.39 is 0 Å². The molecule has 1 aliphatic rings. The second kappa shape index (κ2) is 7.97. The maximum absolute atomic E-state index is 11.8. The Labute approximate surface area is 120 Å². The lowest BCUT2D eigenvalue weighted by Gasteiger charge is -2.14. The average Bonchev–Trinajstić information content (AvgIpc) is 2.90. The summed E-state index contributed by atoms with van der Waals surface area (Å²) in [6, 6.07) is 3.97. The van der Waals surface area contributed by atoms with Crippen molar-refractivity contribution in [1.82, 2.24) is 15.6 Å². The minimum atomic E-state index is -0.252. The lowest BCUT2D eigenvalue weighted by Crippen LogP contribution is -2.38. The molecule has 5 heteroatoms. The molecule has 1 amide bonds. The highest BCUT2D eigenvalue weighted by molar-refractivity contribution is 5.81. The first-order valence-electron chi connectivity index (χ1n) is 7.26. The molecule has 1 aromatic heterocycles. The van der Waals surface area contributed by atoms with Crippen molar-refractivity contribution in [2.24, 2.45) is 5.92 Å². The van der Waals surface area contributed by atoms with E-state index in [-0.39, 0.29) is 12.0 Å². The smallest absolute Gasteiger partial charge is 0.249 e. The summed E-state index contributed by atoms with van der Waals surface area (Å²) in [7, 11) is 0. The number of ether oxygens (including phenoxy) is 1. The van der Waals surface area contributed by atoms with E-state index in [1.54, 1.807) is 6.20 Å². The number of carbonyl (C=O) groups is 1. The van der Waals surface area contributed by atoms with Crippen LogP contribution in [-0.4, -0.2) is 36.7 Å². The largest absolute Gasteiger partial charge is 0.368 e. The predicted octanol–water partition coefficient (Wildman–Crippen LogP) is 1.10. The first-order chi connectivity index (χ1) is 9.77. The quantitative estimate of drug-likeness (QED) is 0.733. The zero-order valence-corrected chi connectivity index (χ0v) is 12.0. The Morgan fingerprint density at radius 2 is 2.40 bits per heavy atom. The highest BCUT2D eigenvalue weighted by Gasteiger charge is 2.30. The first-order valence-corrected chi connectivity index (χ1v) is 7.26. The molecule has 2 heterocycles. The molecule has 1 aliphatic heterocycles. The molecule has 0 aliphatic carbocycles. The molecule has 0 saturated carbocycles. The van der Waals surface area contributed by atoms with E-state index in [1.165, 1.54) is 5.56 Å². The summed E-state index contributed by atoms with van der Waals surface area (Å²) in [6.07, 6.45) is 5.26. The van der Waals surface area contributed by atoms with E-state index in [9.17, 15) is 4.79 Å². The molecular formula is C15H23N3O2. The SMILES string of the molecule is CC1CCOC1C(=O)NCCCNCc1cccnc1. The Bertz CT molecular complexity index is 411. The third-order valence-electron chi connectivity index (χ3n) is 3.53. The van der Waals surface area contributed by atoms with Crippen LogP contribution in [0.15, 0.2) is 24.5 Å². The molecule has 2 unspecified atom stereocenters. The Morgan fingerprint density at radius 3 is 3.10 bits per heavy atom. The maximum Gasteiger partial charge on any atom is 0.249 e. The van der Waals surface area contributed by atoms with Crippen molar-refractivity contribution in [3.8, 4) is 0 Å². The molecule has 1 aromatic rings. The van der Waals surface area contributed by atoms with Crippen molar-refractivity contribution in [3.63, 3.8) is 0 Å². The second-order valence-corrected chi connectivity index (χ2v) is 5.24. The number of rotatable bonds is 7. The number of carbonyl (C=O) groups excluding carboxylic acids is 1. The van der Waals surface area contributed by atoms with Crippen LogP contribution in [0.5, 0.6) is 0 Å². The third kappa shape index (κ3) is 4.58. The van der Waals surface area contributed by atoms with Crippen LogP contribution in [0.1, 0.15) is 25.3 Å². The summed E-state index contributed by atoms with van der Waals surface area (Å²) in [6.45, 7) is 5.13. The molecule has 20 heavy (non-hydrogen) atoms. The lowest BCUT2D eigenvalue weighted by molar-refractivity contribution is -0.131. The van der Waals surface area contributed by atoms with Crippen molar-refractivity contribution >= 4 is 5.91 Å². The summed E-state index contributed by atoms with van der Waals surface area (Å²) >= 11 is 0. The molecule has 110 valence electrons. The van der Waals surface area contributed by atoms with Crippen LogP contribution in [0.3, 0.4) is 0 Å². The Kier molecular flexibility index (Phi) is 5.95. The monoisotopic (exact) mass is 277 g/mol. The zero-order valence-electron chi connectivity index (χ0n) is 12.0. The Hall–Kier alpha value is -1.46. The number of hydrogen-bond acceptors (Lipinski definition) is 4. The Balaban J connectivity index is 1.52. The van der Waals surface area contributed by atoms with Gasteiger partial charge in [0.25, 0.3) is 0 Å². The molecule has 2 N–H and O–H groups in total. The van der Waals surface area contributed by atoms with Gasteiger partial charge in [-0.1, -0.05) is 13.0 Å². The van der Waals surface area contributed by atoms with Crippen molar-refractivity contribution in [1.29, 1.82) is 0 Å². The van der Waals surface area contributed by atoms with Crippen LogP contribution in [0.2, 0.25) is 0 Å². The van der Waals surface area contributed by atoms with Crippen LogP contribution in [0.4, 0.5) is 0 Å². The van der Waals surface area contributed by atoms with Gasteiger partial charge in [0.05, 0.1) is 0 Å². The summed E-state index contributed by atoms with van der Waals surface area (Å²) in [4.78, 5) is 15.9. The molecule has 0 spiro atoms. The summed E-state index contributed by atoms with van der Waals surface area (Å²) < 4.78 is 5.43. The first kappa shape index (κ1) is 14.9. The van der Waals surface area contributed by atoms with Gasteiger partial charge in [0.1, 0.15) is 6.10 Å². The van der Waals surface area contributed by atoms with Gasteiger partial charge in [0, 0.05) is 32.1 Å². The van der Waals surface area contributed by atoms with Crippen LogP contribution in [0, 0.1) is 5.92 Å². The van der Waals surface area contributed by atoms with Gasteiger partial charge >= 0.3 is 0 Å². The van der Waals surface area contributed by atoms with Gasteiger partial charge in [-0.15, -0.1) is 0 Å². The fourth-order valence-corrected chi connectivity index (χ4v) is 2.29. The topological polar surface area (TPSA) is 63.2 Å². The minimum Gasteiger partial charge on any atom is -0.368 e. The van der Waals surface area contributed by atoms with Crippen LogP contribution in [-0.2, 0) is 16.1 Å².